The lowest BCUT2D eigenvalue weighted by atomic mass is 9.90. The summed E-state index contributed by atoms with van der Waals surface area (Å²) in [6.45, 7) is 10.5. The fourth-order valence-corrected chi connectivity index (χ4v) is 3.24. The predicted octanol–water partition coefficient (Wildman–Crippen LogP) is 4.12. The molecule has 0 radical (unpaired) electrons. The highest BCUT2D eigenvalue weighted by Gasteiger charge is 2.40. The highest BCUT2D eigenvalue weighted by Crippen LogP contribution is 2.33. The van der Waals surface area contributed by atoms with Crippen LogP contribution in [0.25, 0.3) is 11.6 Å². The molecule has 1 saturated heterocycles. The smallest absolute Gasteiger partial charge is 0.411 e. The third kappa shape index (κ3) is 3.54. The molecule has 4 heteroatoms. The molecule has 0 saturated carbocycles. The topological polar surface area (TPSA) is 38.8 Å². The van der Waals surface area contributed by atoms with Gasteiger partial charge in [0.05, 0.1) is 25.3 Å². The Bertz CT molecular complexity index is 654. The van der Waals surface area contributed by atoms with E-state index in [-0.39, 0.29) is 18.2 Å². The Morgan fingerprint density at radius 2 is 2.00 bits per heavy atom. The van der Waals surface area contributed by atoms with Gasteiger partial charge in [-0.3, -0.25) is 4.90 Å². The van der Waals surface area contributed by atoms with E-state index < -0.39 is 5.60 Å². The monoisotopic (exact) mass is 327 g/mol. The van der Waals surface area contributed by atoms with Crippen molar-refractivity contribution < 1.29 is 14.3 Å². The standard InChI is InChI=1S/C20H25NO3/c1-5-14-6-8-15(9-7-14)16-10-17-12-23-13-18(11-16)21(17)19(22)24-20(2,3)4/h5-10,17-18H,1,11-13H2,2-4H3. The van der Waals surface area contributed by atoms with E-state index in [1.54, 1.807) is 0 Å². The van der Waals surface area contributed by atoms with E-state index in [1.165, 1.54) is 11.1 Å². The molecule has 2 bridgehead atoms. The number of nitrogens with zero attached hydrogens (tertiary/aromatic N) is 1. The van der Waals surface area contributed by atoms with Crippen molar-refractivity contribution in [1.29, 1.82) is 0 Å². The maximum atomic E-state index is 12.6. The number of benzene rings is 1. The molecule has 0 aromatic heterocycles. The quantitative estimate of drug-likeness (QED) is 0.820. The van der Waals surface area contributed by atoms with Crippen molar-refractivity contribution in [3.63, 3.8) is 0 Å². The van der Waals surface area contributed by atoms with Crippen molar-refractivity contribution in [3.8, 4) is 0 Å². The molecule has 128 valence electrons. The second-order valence-electron chi connectivity index (χ2n) is 7.37. The number of amides is 1. The zero-order valence-corrected chi connectivity index (χ0v) is 14.6. The van der Waals surface area contributed by atoms with Gasteiger partial charge in [-0.2, -0.15) is 0 Å². The Morgan fingerprint density at radius 1 is 1.29 bits per heavy atom. The van der Waals surface area contributed by atoms with E-state index in [0.717, 1.165) is 12.0 Å². The summed E-state index contributed by atoms with van der Waals surface area (Å²) >= 11 is 0. The average Bonchev–Trinajstić information content (AvgIpc) is 2.52. The Kier molecular flexibility index (Phi) is 4.50. The number of fused-ring (bicyclic) bond motifs is 2. The van der Waals surface area contributed by atoms with Crippen LogP contribution in [-0.2, 0) is 9.47 Å². The molecular formula is C20H25NO3. The Balaban J connectivity index is 1.84. The van der Waals surface area contributed by atoms with E-state index >= 15 is 0 Å². The van der Waals surface area contributed by atoms with Crippen molar-refractivity contribution in [2.45, 2.75) is 44.9 Å². The Morgan fingerprint density at radius 3 is 2.58 bits per heavy atom. The van der Waals surface area contributed by atoms with Gasteiger partial charge in [-0.25, -0.2) is 4.79 Å². The first kappa shape index (κ1) is 16.8. The van der Waals surface area contributed by atoms with Crippen LogP contribution < -0.4 is 0 Å². The van der Waals surface area contributed by atoms with Gasteiger partial charge < -0.3 is 9.47 Å². The molecule has 2 aliphatic rings. The molecule has 0 N–H and O–H groups in total. The zero-order chi connectivity index (χ0) is 17.3. The van der Waals surface area contributed by atoms with Gasteiger partial charge in [0.1, 0.15) is 5.60 Å². The molecule has 2 heterocycles. The zero-order valence-electron chi connectivity index (χ0n) is 14.6. The molecular weight excluding hydrogens is 302 g/mol. The molecule has 4 nitrogen and oxygen atoms in total. The summed E-state index contributed by atoms with van der Waals surface area (Å²) in [6, 6.07) is 8.32. The van der Waals surface area contributed by atoms with Gasteiger partial charge in [0.2, 0.25) is 0 Å². The maximum absolute atomic E-state index is 12.6. The van der Waals surface area contributed by atoms with Crippen LogP contribution in [0, 0.1) is 0 Å². The fourth-order valence-electron chi connectivity index (χ4n) is 3.24. The number of morpholine rings is 1. The molecule has 1 aromatic carbocycles. The van der Waals surface area contributed by atoms with Gasteiger partial charge in [-0.15, -0.1) is 0 Å². The van der Waals surface area contributed by atoms with Crippen LogP contribution in [0.2, 0.25) is 0 Å². The van der Waals surface area contributed by atoms with Crippen LogP contribution in [0.5, 0.6) is 0 Å². The van der Waals surface area contributed by atoms with Crippen LogP contribution in [0.1, 0.15) is 38.3 Å². The van der Waals surface area contributed by atoms with Gasteiger partial charge in [0.15, 0.2) is 0 Å². The lowest BCUT2D eigenvalue weighted by molar-refractivity contribution is -0.0510. The Labute approximate surface area is 143 Å². The van der Waals surface area contributed by atoms with Crippen LogP contribution in [0.15, 0.2) is 36.9 Å². The van der Waals surface area contributed by atoms with Gasteiger partial charge in [0, 0.05) is 0 Å². The second-order valence-corrected chi connectivity index (χ2v) is 7.37. The first-order valence-electron chi connectivity index (χ1n) is 8.40. The van der Waals surface area contributed by atoms with Crippen molar-refractivity contribution in [2.24, 2.45) is 0 Å². The van der Waals surface area contributed by atoms with E-state index in [9.17, 15) is 4.79 Å². The minimum atomic E-state index is -0.489. The summed E-state index contributed by atoms with van der Waals surface area (Å²) < 4.78 is 11.2. The lowest BCUT2D eigenvalue weighted by Gasteiger charge is -2.44. The largest absolute Gasteiger partial charge is 0.444 e. The molecule has 2 aliphatic heterocycles. The van der Waals surface area contributed by atoms with E-state index in [0.29, 0.717) is 13.2 Å². The molecule has 1 amide bonds. The molecule has 1 fully saturated rings. The molecule has 0 aliphatic carbocycles. The first-order chi connectivity index (χ1) is 11.4. The van der Waals surface area contributed by atoms with Gasteiger partial charge in [-0.05, 0) is 43.9 Å². The number of rotatable bonds is 2. The SMILES string of the molecule is C=Cc1ccc(C2=CC3COCC(C2)N3C(=O)OC(C)(C)C)cc1. The summed E-state index contributed by atoms with van der Waals surface area (Å²) in [5.41, 5.74) is 3.08. The number of ether oxygens (including phenoxy) is 2. The third-order valence-electron chi connectivity index (χ3n) is 4.32. The number of carbonyl (C=O) groups is 1. The second kappa shape index (κ2) is 6.44. The fraction of sp³-hybridized carbons (Fsp3) is 0.450. The van der Waals surface area contributed by atoms with Crippen LogP contribution >= 0.6 is 0 Å². The predicted molar refractivity (Wildman–Crippen MR) is 95.6 cm³/mol. The van der Waals surface area contributed by atoms with E-state index in [4.69, 9.17) is 9.47 Å². The van der Waals surface area contributed by atoms with Gasteiger partial charge in [-0.1, -0.05) is 43.0 Å². The summed E-state index contributed by atoms with van der Waals surface area (Å²) in [5.74, 6) is 0. The summed E-state index contributed by atoms with van der Waals surface area (Å²) in [6.07, 6.45) is 4.51. The summed E-state index contributed by atoms with van der Waals surface area (Å²) in [4.78, 5) is 14.4. The molecule has 2 atom stereocenters. The number of hydrogen-bond donors (Lipinski definition) is 0. The normalized spacial score (nSPS) is 23.5. The van der Waals surface area contributed by atoms with E-state index in [1.807, 2.05) is 31.7 Å². The van der Waals surface area contributed by atoms with Crippen molar-refractivity contribution in [3.05, 3.63) is 48.0 Å². The first-order valence-corrected chi connectivity index (χ1v) is 8.40. The summed E-state index contributed by atoms with van der Waals surface area (Å²) in [5, 5.41) is 0. The molecule has 2 unspecified atom stereocenters. The third-order valence-corrected chi connectivity index (χ3v) is 4.32. The average molecular weight is 327 g/mol. The van der Waals surface area contributed by atoms with E-state index in [2.05, 4.69) is 36.9 Å². The van der Waals surface area contributed by atoms with Crippen LogP contribution in [0.3, 0.4) is 0 Å². The maximum Gasteiger partial charge on any atom is 0.411 e. The van der Waals surface area contributed by atoms with Crippen molar-refractivity contribution in [1.82, 2.24) is 4.90 Å². The molecule has 0 spiro atoms. The highest BCUT2D eigenvalue weighted by molar-refractivity contribution is 5.75. The Hall–Kier alpha value is -2.07. The lowest BCUT2D eigenvalue weighted by Crippen LogP contribution is -2.57. The number of hydrogen-bond acceptors (Lipinski definition) is 3. The minimum Gasteiger partial charge on any atom is -0.444 e. The molecule has 3 rings (SSSR count). The van der Waals surface area contributed by atoms with Crippen molar-refractivity contribution >= 4 is 17.7 Å². The van der Waals surface area contributed by atoms with Crippen molar-refractivity contribution in [2.75, 3.05) is 13.2 Å². The number of carbonyl (C=O) groups excluding carboxylic acids is 1. The highest BCUT2D eigenvalue weighted by atomic mass is 16.6. The molecule has 24 heavy (non-hydrogen) atoms. The van der Waals surface area contributed by atoms with Crippen LogP contribution in [0.4, 0.5) is 4.79 Å². The minimum absolute atomic E-state index is 0.0256. The van der Waals surface area contributed by atoms with Crippen LogP contribution in [-0.4, -0.2) is 41.9 Å². The summed E-state index contributed by atoms with van der Waals surface area (Å²) in [7, 11) is 0. The van der Waals surface area contributed by atoms with Gasteiger partial charge in [0.25, 0.3) is 0 Å². The molecule has 1 aromatic rings. The van der Waals surface area contributed by atoms with Gasteiger partial charge >= 0.3 is 6.09 Å².